The van der Waals surface area contributed by atoms with Crippen molar-refractivity contribution in [1.29, 1.82) is 0 Å². The van der Waals surface area contributed by atoms with E-state index in [0.717, 1.165) is 26.1 Å². The molecule has 0 aromatic heterocycles. The Morgan fingerprint density at radius 3 is 2.04 bits per heavy atom. The third-order valence-corrected chi connectivity index (χ3v) is 5.49. The van der Waals surface area contributed by atoms with Gasteiger partial charge in [-0.15, -0.1) is 0 Å². The Labute approximate surface area is 162 Å². The summed E-state index contributed by atoms with van der Waals surface area (Å²) in [7, 11) is 0. The van der Waals surface area contributed by atoms with E-state index in [-0.39, 0.29) is 0 Å². The second-order valence-corrected chi connectivity index (χ2v) is 7.41. The van der Waals surface area contributed by atoms with Gasteiger partial charge >= 0.3 is 0 Å². The molecule has 1 saturated heterocycles. The van der Waals surface area contributed by atoms with Crippen LogP contribution in [-0.4, -0.2) is 25.3 Å². The highest BCUT2D eigenvalue weighted by molar-refractivity contribution is 5.50. The van der Waals surface area contributed by atoms with Crippen LogP contribution < -0.4 is 4.90 Å². The Hall–Kier alpha value is -2.58. The molecule has 27 heavy (non-hydrogen) atoms. The third-order valence-electron chi connectivity index (χ3n) is 5.49. The lowest BCUT2D eigenvalue weighted by molar-refractivity contribution is 0.0664. The first kappa shape index (κ1) is 17.8. The predicted octanol–water partition coefficient (Wildman–Crippen LogP) is 5.05. The first-order valence-corrected chi connectivity index (χ1v) is 9.81. The largest absolute Gasteiger partial charge is 0.377 e. The van der Waals surface area contributed by atoms with E-state index < -0.39 is 0 Å². The molecule has 1 fully saturated rings. The van der Waals surface area contributed by atoms with E-state index in [4.69, 9.17) is 4.74 Å². The van der Waals surface area contributed by atoms with Crippen LogP contribution in [0.2, 0.25) is 0 Å². The molecule has 138 valence electrons. The molecular weight excluding hydrogens is 330 g/mol. The van der Waals surface area contributed by atoms with Gasteiger partial charge in [-0.3, -0.25) is 0 Å². The summed E-state index contributed by atoms with van der Waals surface area (Å²) in [5, 5.41) is 0. The minimum atomic E-state index is 0.343. The highest BCUT2D eigenvalue weighted by Crippen LogP contribution is 2.28. The zero-order valence-corrected chi connectivity index (χ0v) is 15.9. The monoisotopic (exact) mass is 357 g/mol. The summed E-state index contributed by atoms with van der Waals surface area (Å²) in [4.78, 5) is 2.60. The predicted molar refractivity (Wildman–Crippen MR) is 112 cm³/mol. The van der Waals surface area contributed by atoms with Crippen LogP contribution in [0.4, 0.5) is 5.69 Å². The quantitative estimate of drug-likeness (QED) is 0.633. The van der Waals surface area contributed by atoms with Gasteiger partial charge in [-0.1, -0.05) is 72.8 Å². The average Bonchev–Trinajstić information content (AvgIpc) is 2.71. The van der Waals surface area contributed by atoms with Gasteiger partial charge < -0.3 is 9.64 Å². The van der Waals surface area contributed by atoms with Gasteiger partial charge in [0, 0.05) is 5.69 Å². The lowest BCUT2D eigenvalue weighted by Crippen LogP contribution is -2.54. The number of aryl methyl sites for hydroxylation is 1. The van der Waals surface area contributed by atoms with Crippen LogP contribution in [0.25, 0.3) is 0 Å². The lowest BCUT2D eigenvalue weighted by Gasteiger charge is -2.44. The standard InChI is InChI=1S/C25H27NO/c1-20-10-8-9-13-22(20)17-25-19-27-18-24(16-21-11-4-2-5-12-21)26(25)23-14-6-3-7-15-23/h2-15,24-25H,16-19H2,1H3/t24-,25+/m0/s1. The topological polar surface area (TPSA) is 12.5 Å². The first-order chi connectivity index (χ1) is 13.3. The number of anilines is 1. The minimum absolute atomic E-state index is 0.343. The van der Waals surface area contributed by atoms with Crippen molar-refractivity contribution in [2.24, 2.45) is 0 Å². The van der Waals surface area contributed by atoms with E-state index >= 15 is 0 Å². The number of morpholine rings is 1. The maximum atomic E-state index is 6.09. The van der Waals surface area contributed by atoms with Gasteiger partial charge in [0.05, 0.1) is 25.3 Å². The Bertz CT molecular complexity index is 846. The number of hydrogen-bond donors (Lipinski definition) is 0. The Morgan fingerprint density at radius 1 is 0.741 bits per heavy atom. The maximum Gasteiger partial charge on any atom is 0.0674 e. The molecule has 1 aliphatic rings. The number of rotatable bonds is 5. The molecule has 3 aromatic carbocycles. The molecule has 2 heteroatoms. The average molecular weight is 357 g/mol. The molecule has 0 N–H and O–H groups in total. The molecule has 2 atom stereocenters. The van der Waals surface area contributed by atoms with Crippen LogP contribution in [-0.2, 0) is 17.6 Å². The molecular formula is C25H27NO. The van der Waals surface area contributed by atoms with E-state index in [0.29, 0.717) is 12.1 Å². The molecule has 1 aliphatic heterocycles. The van der Waals surface area contributed by atoms with Gasteiger partial charge in [-0.05, 0) is 48.6 Å². The molecule has 0 bridgehead atoms. The van der Waals surface area contributed by atoms with Gasteiger partial charge in [0.2, 0.25) is 0 Å². The number of hydrogen-bond acceptors (Lipinski definition) is 2. The van der Waals surface area contributed by atoms with Crippen LogP contribution in [0.5, 0.6) is 0 Å². The number of para-hydroxylation sites is 1. The van der Waals surface area contributed by atoms with Crippen molar-refractivity contribution in [3.63, 3.8) is 0 Å². The first-order valence-electron chi connectivity index (χ1n) is 9.81. The van der Waals surface area contributed by atoms with Crippen molar-refractivity contribution in [3.05, 3.63) is 102 Å². The lowest BCUT2D eigenvalue weighted by atomic mass is 9.95. The van der Waals surface area contributed by atoms with E-state index in [2.05, 4.69) is 96.8 Å². The summed E-state index contributed by atoms with van der Waals surface area (Å²) in [6.45, 7) is 3.75. The molecule has 4 rings (SSSR count). The number of benzene rings is 3. The van der Waals surface area contributed by atoms with Crippen LogP contribution in [0.15, 0.2) is 84.9 Å². The molecule has 0 spiro atoms. The molecule has 3 aromatic rings. The smallest absolute Gasteiger partial charge is 0.0674 e. The molecule has 1 heterocycles. The SMILES string of the molecule is Cc1ccccc1C[C@@H]1COC[C@H](Cc2ccccc2)N1c1ccccc1. The van der Waals surface area contributed by atoms with E-state index in [1.54, 1.807) is 0 Å². The van der Waals surface area contributed by atoms with E-state index in [1.165, 1.54) is 22.4 Å². The van der Waals surface area contributed by atoms with Gasteiger partial charge in [0.15, 0.2) is 0 Å². The van der Waals surface area contributed by atoms with Crippen molar-refractivity contribution in [1.82, 2.24) is 0 Å². The van der Waals surface area contributed by atoms with Crippen molar-refractivity contribution in [2.75, 3.05) is 18.1 Å². The van der Waals surface area contributed by atoms with Crippen LogP contribution in [0.1, 0.15) is 16.7 Å². The molecule has 0 aliphatic carbocycles. The summed E-state index contributed by atoms with van der Waals surface area (Å²) in [5.41, 5.74) is 5.42. The molecule has 0 saturated carbocycles. The van der Waals surface area contributed by atoms with Crippen molar-refractivity contribution in [2.45, 2.75) is 31.8 Å². The summed E-state index contributed by atoms with van der Waals surface area (Å²) in [5.74, 6) is 0. The summed E-state index contributed by atoms with van der Waals surface area (Å²) in [6, 6.07) is 31.0. The van der Waals surface area contributed by atoms with E-state index in [1.807, 2.05) is 0 Å². The summed E-state index contributed by atoms with van der Waals surface area (Å²) in [6.07, 6.45) is 2.01. The van der Waals surface area contributed by atoms with Crippen LogP contribution in [0.3, 0.4) is 0 Å². The van der Waals surface area contributed by atoms with Crippen molar-refractivity contribution in [3.8, 4) is 0 Å². The van der Waals surface area contributed by atoms with Gasteiger partial charge in [-0.25, -0.2) is 0 Å². The highest BCUT2D eigenvalue weighted by Gasteiger charge is 2.31. The van der Waals surface area contributed by atoms with Crippen LogP contribution in [0, 0.1) is 6.92 Å². The molecule has 2 nitrogen and oxygen atoms in total. The minimum Gasteiger partial charge on any atom is -0.377 e. The normalized spacial score (nSPS) is 19.8. The van der Waals surface area contributed by atoms with Gasteiger partial charge in [0.1, 0.15) is 0 Å². The number of ether oxygens (including phenoxy) is 1. The second kappa shape index (κ2) is 8.41. The van der Waals surface area contributed by atoms with Crippen molar-refractivity contribution < 1.29 is 4.74 Å². The zero-order valence-electron chi connectivity index (χ0n) is 15.9. The molecule has 0 radical (unpaired) electrons. The fourth-order valence-electron chi connectivity index (χ4n) is 4.11. The summed E-state index contributed by atoms with van der Waals surface area (Å²) >= 11 is 0. The fourth-order valence-corrected chi connectivity index (χ4v) is 4.11. The fraction of sp³-hybridized carbons (Fsp3) is 0.280. The second-order valence-electron chi connectivity index (χ2n) is 7.41. The maximum absolute atomic E-state index is 6.09. The summed E-state index contributed by atoms with van der Waals surface area (Å²) < 4.78 is 6.09. The van der Waals surface area contributed by atoms with Gasteiger partial charge in [-0.2, -0.15) is 0 Å². The molecule has 0 amide bonds. The van der Waals surface area contributed by atoms with Crippen LogP contribution >= 0.6 is 0 Å². The zero-order chi connectivity index (χ0) is 18.5. The van der Waals surface area contributed by atoms with Crippen molar-refractivity contribution >= 4 is 5.69 Å². The highest BCUT2D eigenvalue weighted by atomic mass is 16.5. The Balaban J connectivity index is 1.63. The Morgan fingerprint density at radius 2 is 1.33 bits per heavy atom. The third kappa shape index (κ3) is 4.23. The molecule has 0 unspecified atom stereocenters. The number of nitrogens with zero attached hydrogens (tertiary/aromatic N) is 1. The Kier molecular flexibility index (Phi) is 5.55. The van der Waals surface area contributed by atoms with E-state index in [9.17, 15) is 0 Å². The van der Waals surface area contributed by atoms with Gasteiger partial charge in [0.25, 0.3) is 0 Å².